The predicted molar refractivity (Wildman–Crippen MR) is 59.3 cm³/mol. The molecule has 0 atom stereocenters. The number of hydrazine groups is 1. The first kappa shape index (κ1) is 11.7. The summed E-state index contributed by atoms with van der Waals surface area (Å²) in [4.78, 5) is 8.11. The van der Waals surface area contributed by atoms with Gasteiger partial charge in [0.1, 0.15) is 5.82 Å². The van der Waals surface area contributed by atoms with E-state index >= 15 is 0 Å². The van der Waals surface area contributed by atoms with Gasteiger partial charge in [-0.25, -0.2) is 10.8 Å². The first-order chi connectivity index (χ1) is 7.36. The number of hydrogen-bond acceptors (Lipinski definition) is 6. The largest absolute Gasteiger partial charge is 0.396 e. The van der Waals surface area contributed by atoms with E-state index in [1.54, 1.807) is 12.4 Å². The number of nitrogen functional groups attached to an aromatic ring is 1. The van der Waals surface area contributed by atoms with Crippen molar-refractivity contribution < 1.29 is 5.11 Å². The van der Waals surface area contributed by atoms with Crippen LogP contribution in [0.4, 0.5) is 11.6 Å². The highest BCUT2D eigenvalue weighted by atomic mass is 16.2. The van der Waals surface area contributed by atoms with Crippen molar-refractivity contribution in [1.29, 1.82) is 0 Å². The van der Waals surface area contributed by atoms with Crippen molar-refractivity contribution in [1.82, 2.24) is 9.97 Å². The zero-order valence-corrected chi connectivity index (χ0v) is 8.61. The quantitative estimate of drug-likeness (QED) is 0.295. The standard InChI is InChI=1S/C9H17N5O/c10-14-9-7-11-6-8(13-9)12-4-2-1-3-5-15/h6-7,15H,1-5,10H2,(H2,12,13,14). The Labute approximate surface area is 88.9 Å². The summed E-state index contributed by atoms with van der Waals surface area (Å²) in [5.74, 6) is 6.45. The van der Waals surface area contributed by atoms with E-state index in [1.165, 1.54) is 0 Å². The Kier molecular flexibility index (Phi) is 5.42. The van der Waals surface area contributed by atoms with Gasteiger partial charge < -0.3 is 15.8 Å². The molecule has 0 saturated heterocycles. The lowest BCUT2D eigenvalue weighted by Gasteiger charge is -2.05. The number of rotatable bonds is 7. The van der Waals surface area contributed by atoms with E-state index in [9.17, 15) is 0 Å². The fourth-order valence-corrected chi connectivity index (χ4v) is 1.15. The molecule has 0 bridgehead atoms. The van der Waals surface area contributed by atoms with Gasteiger partial charge in [-0.3, -0.25) is 4.98 Å². The molecule has 0 radical (unpaired) electrons. The van der Waals surface area contributed by atoms with Crippen LogP contribution in [0.25, 0.3) is 0 Å². The van der Waals surface area contributed by atoms with E-state index in [2.05, 4.69) is 20.7 Å². The van der Waals surface area contributed by atoms with Crippen LogP contribution in [0.2, 0.25) is 0 Å². The van der Waals surface area contributed by atoms with Gasteiger partial charge in [-0.1, -0.05) is 0 Å². The minimum atomic E-state index is 0.256. The first-order valence-electron chi connectivity index (χ1n) is 5.00. The molecule has 0 aromatic carbocycles. The topological polar surface area (TPSA) is 96.1 Å². The molecule has 0 aliphatic rings. The molecule has 15 heavy (non-hydrogen) atoms. The third-order valence-electron chi connectivity index (χ3n) is 1.92. The number of anilines is 2. The van der Waals surface area contributed by atoms with Crippen molar-refractivity contribution in [3.05, 3.63) is 12.4 Å². The Balaban J connectivity index is 2.24. The average molecular weight is 211 g/mol. The third-order valence-corrected chi connectivity index (χ3v) is 1.92. The molecule has 5 N–H and O–H groups in total. The van der Waals surface area contributed by atoms with Gasteiger partial charge in [-0.15, -0.1) is 0 Å². The molecular weight excluding hydrogens is 194 g/mol. The van der Waals surface area contributed by atoms with Gasteiger partial charge in [0.05, 0.1) is 12.4 Å². The van der Waals surface area contributed by atoms with Crippen molar-refractivity contribution >= 4 is 11.6 Å². The van der Waals surface area contributed by atoms with Crippen LogP contribution >= 0.6 is 0 Å². The van der Waals surface area contributed by atoms with Crippen molar-refractivity contribution in [3.63, 3.8) is 0 Å². The minimum Gasteiger partial charge on any atom is -0.396 e. The van der Waals surface area contributed by atoms with Crippen LogP contribution in [-0.2, 0) is 0 Å². The second-order valence-electron chi connectivity index (χ2n) is 3.14. The number of nitrogens with zero attached hydrogens (tertiary/aromatic N) is 2. The number of hydrogen-bond donors (Lipinski definition) is 4. The van der Waals surface area contributed by atoms with Gasteiger partial charge >= 0.3 is 0 Å². The molecule has 0 unspecified atom stereocenters. The van der Waals surface area contributed by atoms with E-state index in [-0.39, 0.29) is 6.61 Å². The van der Waals surface area contributed by atoms with Gasteiger partial charge in [0, 0.05) is 13.2 Å². The van der Waals surface area contributed by atoms with Crippen molar-refractivity contribution in [3.8, 4) is 0 Å². The molecule has 0 aliphatic heterocycles. The summed E-state index contributed by atoms with van der Waals surface area (Å²) >= 11 is 0. The molecule has 1 aromatic rings. The van der Waals surface area contributed by atoms with Crippen LogP contribution in [0.5, 0.6) is 0 Å². The summed E-state index contributed by atoms with van der Waals surface area (Å²) in [7, 11) is 0. The van der Waals surface area contributed by atoms with Gasteiger partial charge in [0.15, 0.2) is 5.82 Å². The summed E-state index contributed by atoms with van der Waals surface area (Å²) in [6.45, 7) is 1.08. The molecule has 1 aromatic heterocycles. The molecule has 0 aliphatic carbocycles. The summed E-state index contributed by atoms with van der Waals surface area (Å²) in [5, 5.41) is 11.7. The number of unbranched alkanes of at least 4 members (excludes halogenated alkanes) is 2. The van der Waals surface area contributed by atoms with Crippen LogP contribution < -0.4 is 16.6 Å². The maximum Gasteiger partial charge on any atom is 0.160 e. The van der Waals surface area contributed by atoms with Crippen LogP contribution in [0.1, 0.15) is 19.3 Å². The summed E-state index contributed by atoms with van der Waals surface area (Å²) in [6, 6.07) is 0. The highest BCUT2D eigenvalue weighted by Crippen LogP contribution is 2.05. The van der Waals surface area contributed by atoms with Gasteiger partial charge in [-0.2, -0.15) is 0 Å². The zero-order chi connectivity index (χ0) is 10.9. The van der Waals surface area contributed by atoms with E-state index in [4.69, 9.17) is 10.9 Å². The van der Waals surface area contributed by atoms with Crippen LogP contribution in [0.3, 0.4) is 0 Å². The molecule has 0 saturated carbocycles. The van der Waals surface area contributed by atoms with Gasteiger partial charge in [0.25, 0.3) is 0 Å². The van der Waals surface area contributed by atoms with Crippen LogP contribution in [0.15, 0.2) is 12.4 Å². The Morgan fingerprint density at radius 1 is 1.20 bits per heavy atom. The lowest BCUT2D eigenvalue weighted by atomic mass is 10.2. The Bertz CT molecular complexity index is 281. The zero-order valence-electron chi connectivity index (χ0n) is 8.61. The van der Waals surface area contributed by atoms with Crippen molar-refractivity contribution in [2.45, 2.75) is 19.3 Å². The Morgan fingerprint density at radius 3 is 2.73 bits per heavy atom. The Hall–Kier alpha value is -1.40. The molecule has 1 heterocycles. The number of nitrogens with two attached hydrogens (primary N) is 1. The molecule has 6 nitrogen and oxygen atoms in total. The SMILES string of the molecule is NNc1cncc(NCCCCCO)n1. The molecule has 84 valence electrons. The highest BCUT2D eigenvalue weighted by molar-refractivity contribution is 5.40. The molecular formula is C9H17N5O. The van der Waals surface area contributed by atoms with Gasteiger partial charge in [-0.05, 0) is 19.3 Å². The van der Waals surface area contributed by atoms with Crippen molar-refractivity contribution in [2.75, 3.05) is 23.9 Å². The molecule has 0 amide bonds. The maximum atomic E-state index is 8.59. The van der Waals surface area contributed by atoms with E-state index in [0.717, 1.165) is 25.8 Å². The fourth-order valence-electron chi connectivity index (χ4n) is 1.15. The lowest BCUT2D eigenvalue weighted by molar-refractivity contribution is 0.283. The maximum absolute atomic E-state index is 8.59. The third kappa shape index (κ3) is 4.57. The van der Waals surface area contributed by atoms with Crippen LogP contribution in [0, 0.1) is 0 Å². The number of aromatic nitrogens is 2. The second-order valence-corrected chi connectivity index (χ2v) is 3.14. The summed E-state index contributed by atoms with van der Waals surface area (Å²) < 4.78 is 0. The van der Waals surface area contributed by atoms with Gasteiger partial charge in [0.2, 0.25) is 0 Å². The highest BCUT2D eigenvalue weighted by Gasteiger charge is 1.95. The number of nitrogens with one attached hydrogen (secondary N) is 2. The molecule has 0 fully saturated rings. The van der Waals surface area contributed by atoms with Crippen LogP contribution in [-0.4, -0.2) is 28.2 Å². The average Bonchev–Trinajstić information content (AvgIpc) is 2.29. The minimum absolute atomic E-state index is 0.256. The van der Waals surface area contributed by atoms with E-state index < -0.39 is 0 Å². The number of aliphatic hydroxyl groups excluding tert-OH is 1. The normalized spacial score (nSPS) is 10.0. The van der Waals surface area contributed by atoms with E-state index in [1.807, 2.05) is 0 Å². The molecule has 0 spiro atoms. The monoisotopic (exact) mass is 211 g/mol. The molecule has 6 heteroatoms. The predicted octanol–water partition coefficient (Wildman–Crippen LogP) is 0.337. The van der Waals surface area contributed by atoms with E-state index in [0.29, 0.717) is 11.6 Å². The second kappa shape index (κ2) is 6.97. The first-order valence-corrected chi connectivity index (χ1v) is 5.00. The fraction of sp³-hybridized carbons (Fsp3) is 0.556. The summed E-state index contributed by atoms with van der Waals surface area (Å²) in [6.07, 6.45) is 6.05. The summed E-state index contributed by atoms with van der Waals surface area (Å²) in [5.41, 5.74) is 2.43. The smallest absolute Gasteiger partial charge is 0.160 e. The number of aliphatic hydroxyl groups is 1. The Morgan fingerprint density at radius 2 is 2.00 bits per heavy atom. The molecule has 1 rings (SSSR count). The van der Waals surface area contributed by atoms with Crippen molar-refractivity contribution in [2.24, 2.45) is 5.84 Å². The lowest BCUT2D eigenvalue weighted by Crippen LogP contribution is -2.11.